The lowest BCUT2D eigenvalue weighted by atomic mass is 9.95. The van der Waals surface area contributed by atoms with Gasteiger partial charge in [0.15, 0.2) is 5.82 Å². The van der Waals surface area contributed by atoms with Crippen molar-refractivity contribution in [1.82, 2.24) is 39.9 Å². The van der Waals surface area contributed by atoms with Gasteiger partial charge < -0.3 is 29.9 Å². The van der Waals surface area contributed by atoms with Crippen LogP contribution in [0.3, 0.4) is 0 Å². The smallest absolute Gasteiger partial charge is 0.319 e. The van der Waals surface area contributed by atoms with E-state index in [0.29, 0.717) is 53.2 Å². The molecular weight excluding hydrogens is 703 g/mol. The zero-order valence-corrected chi connectivity index (χ0v) is 30.5. The number of hydrogen-bond acceptors (Lipinski definition) is 13. The van der Waals surface area contributed by atoms with E-state index in [9.17, 15) is 9.90 Å². The lowest BCUT2D eigenvalue weighted by Crippen LogP contribution is -2.53. The summed E-state index contributed by atoms with van der Waals surface area (Å²) in [5.41, 5.74) is 5.06. The monoisotopic (exact) mass is 742 g/mol. The zero-order valence-electron chi connectivity index (χ0n) is 29.7. The molecule has 3 saturated heterocycles. The molecule has 3 aliphatic rings. The fourth-order valence-corrected chi connectivity index (χ4v) is 8.07. The maximum Gasteiger partial charge on any atom is 0.319 e. The molecule has 8 rings (SSSR count). The molecule has 3 fully saturated rings. The first-order valence-electron chi connectivity index (χ1n) is 17.7. The molecule has 4 aromatic heterocycles. The predicted molar refractivity (Wildman–Crippen MR) is 198 cm³/mol. The summed E-state index contributed by atoms with van der Waals surface area (Å²) in [6, 6.07) is 7.12. The standard InChI is InChI=1S/C37H40ClFN10O4/c1-36(2,51)34-43-26(53-46-34)9-10-27(50)48-18-21(19-48)17-47(3)33-23-16-41-32(31-28-22(15-25(40)42-31)7-4-8-24(28)38)29(39)30(23)44-35(45-33)52-20-37-11-5-13-49(37)14-6-12-37/h4,7-10,15-16,21,51H,5-6,11-14,17-20H2,1-3H3,(H2,40,42)/b10-9+. The van der Waals surface area contributed by atoms with Crippen molar-refractivity contribution in [3.63, 3.8) is 0 Å². The highest BCUT2D eigenvalue weighted by Crippen LogP contribution is 2.40. The molecule has 0 bridgehead atoms. The third-order valence-electron chi connectivity index (χ3n) is 10.5. The quantitative estimate of drug-likeness (QED) is 0.186. The largest absolute Gasteiger partial charge is 0.461 e. The van der Waals surface area contributed by atoms with Crippen LogP contribution in [0.4, 0.5) is 16.0 Å². The first-order chi connectivity index (χ1) is 25.4. The van der Waals surface area contributed by atoms with Crippen molar-refractivity contribution < 1.29 is 23.6 Å². The maximum absolute atomic E-state index is 16.8. The topological polar surface area (TPSA) is 173 Å². The maximum atomic E-state index is 16.8. The van der Waals surface area contributed by atoms with Gasteiger partial charge in [-0.3, -0.25) is 14.7 Å². The number of aliphatic hydroxyl groups is 1. The normalized spacial score (nSPS) is 17.6. The van der Waals surface area contributed by atoms with Crippen LogP contribution in [0.15, 0.2) is 41.1 Å². The highest BCUT2D eigenvalue weighted by molar-refractivity contribution is 6.36. The van der Waals surface area contributed by atoms with Gasteiger partial charge in [-0.25, -0.2) is 9.37 Å². The number of carbonyl (C=O) groups is 1. The van der Waals surface area contributed by atoms with E-state index in [1.165, 1.54) is 12.2 Å². The lowest BCUT2D eigenvalue weighted by Gasteiger charge is -2.40. The number of amides is 1. The van der Waals surface area contributed by atoms with E-state index in [1.807, 2.05) is 18.0 Å². The van der Waals surface area contributed by atoms with Crippen LogP contribution in [0.2, 0.25) is 5.02 Å². The van der Waals surface area contributed by atoms with Gasteiger partial charge in [0.1, 0.15) is 40.7 Å². The van der Waals surface area contributed by atoms with Crippen LogP contribution in [-0.2, 0) is 10.4 Å². The van der Waals surface area contributed by atoms with Crippen LogP contribution in [0.5, 0.6) is 6.01 Å². The molecule has 3 aliphatic heterocycles. The molecule has 3 N–H and O–H groups in total. The predicted octanol–water partition coefficient (Wildman–Crippen LogP) is 4.84. The van der Waals surface area contributed by atoms with Crippen LogP contribution in [0.1, 0.15) is 51.2 Å². The second-order valence-electron chi connectivity index (χ2n) is 14.8. The van der Waals surface area contributed by atoms with Gasteiger partial charge in [0.25, 0.3) is 5.89 Å². The SMILES string of the molecule is CN(CC1CN(C(=O)/C=C/c2nc(C(C)(C)O)no2)C1)c1nc(OCC23CCCN2CCC3)nc2c(F)c(-c3nc(N)cc4cccc(Cl)c34)ncc12. The summed E-state index contributed by atoms with van der Waals surface area (Å²) in [5, 5.41) is 15.9. The number of pyridine rings is 2. The summed E-state index contributed by atoms with van der Waals surface area (Å²) in [4.78, 5) is 41.6. The summed E-state index contributed by atoms with van der Waals surface area (Å²) in [5.74, 6) is 0.147. The third-order valence-corrected chi connectivity index (χ3v) is 10.8. The van der Waals surface area contributed by atoms with Crippen molar-refractivity contribution in [1.29, 1.82) is 0 Å². The van der Waals surface area contributed by atoms with Crippen LogP contribution >= 0.6 is 11.6 Å². The molecule has 0 saturated carbocycles. The molecule has 1 amide bonds. The summed E-state index contributed by atoms with van der Waals surface area (Å²) in [6.45, 7) is 7.12. The number of fused-ring (bicyclic) bond motifs is 3. The molecule has 7 heterocycles. The Labute approximate surface area is 309 Å². The Kier molecular flexibility index (Phi) is 8.90. The van der Waals surface area contributed by atoms with E-state index in [-0.39, 0.29) is 57.8 Å². The molecule has 16 heteroatoms. The van der Waals surface area contributed by atoms with E-state index in [2.05, 4.69) is 30.0 Å². The Hall–Kier alpha value is -4.99. The number of rotatable bonds is 10. The minimum absolute atomic E-state index is 0.0319. The molecule has 0 aliphatic carbocycles. The number of carbonyl (C=O) groups excluding carboxylic acids is 1. The molecular formula is C37H40ClFN10O4. The van der Waals surface area contributed by atoms with Gasteiger partial charge in [0, 0.05) is 56.3 Å². The molecule has 14 nitrogen and oxygen atoms in total. The zero-order chi connectivity index (χ0) is 37.1. The second kappa shape index (κ2) is 13.5. The van der Waals surface area contributed by atoms with Crippen LogP contribution in [-0.4, -0.2) is 103 Å². The first kappa shape index (κ1) is 35.1. The Morgan fingerprint density at radius 2 is 1.96 bits per heavy atom. The number of nitrogens with two attached hydrogens (primary N) is 1. The van der Waals surface area contributed by atoms with Gasteiger partial charge in [0.2, 0.25) is 11.7 Å². The van der Waals surface area contributed by atoms with Gasteiger partial charge in [-0.1, -0.05) is 28.9 Å². The van der Waals surface area contributed by atoms with Crippen LogP contribution < -0.4 is 15.4 Å². The minimum atomic E-state index is -1.26. The molecule has 0 spiro atoms. The van der Waals surface area contributed by atoms with Crippen molar-refractivity contribution in [2.75, 3.05) is 57.0 Å². The average Bonchev–Trinajstić information content (AvgIpc) is 3.84. The van der Waals surface area contributed by atoms with Crippen molar-refractivity contribution in [2.24, 2.45) is 5.92 Å². The Morgan fingerprint density at radius 3 is 2.70 bits per heavy atom. The third kappa shape index (κ3) is 6.61. The number of halogens is 2. The van der Waals surface area contributed by atoms with Crippen molar-refractivity contribution >= 4 is 56.9 Å². The summed E-state index contributed by atoms with van der Waals surface area (Å²) < 4.78 is 28.3. The van der Waals surface area contributed by atoms with Crippen LogP contribution in [0.25, 0.3) is 39.1 Å². The second-order valence-corrected chi connectivity index (χ2v) is 15.2. The van der Waals surface area contributed by atoms with E-state index in [1.54, 1.807) is 43.1 Å². The molecule has 5 aromatic rings. The molecule has 1 aromatic carbocycles. The molecule has 276 valence electrons. The Morgan fingerprint density at radius 1 is 1.19 bits per heavy atom. The Bertz CT molecular complexity index is 2240. The highest BCUT2D eigenvalue weighted by Gasteiger charge is 2.45. The fourth-order valence-electron chi connectivity index (χ4n) is 7.80. The van der Waals surface area contributed by atoms with Crippen molar-refractivity contribution in [3.8, 4) is 17.4 Å². The summed E-state index contributed by atoms with van der Waals surface area (Å²) in [7, 11) is 1.87. The number of likely N-dealkylation sites (tertiary alicyclic amines) is 1. The van der Waals surface area contributed by atoms with E-state index >= 15 is 4.39 Å². The molecule has 0 atom stereocenters. The lowest BCUT2D eigenvalue weighted by molar-refractivity contribution is -0.131. The first-order valence-corrected chi connectivity index (χ1v) is 18.1. The van der Waals surface area contributed by atoms with Gasteiger partial charge in [-0.05, 0) is 70.1 Å². The van der Waals surface area contributed by atoms with E-state index in [0.717, 1.165) is 38.8 Å². The van der Waals surface area contributed by atoms with Crippen LogP contribution in [0, 0.1) is 11.7 Å². The molecule has 0 unspecified atom stereocenters. The average molecular weight is 743 g/mol. The number of benzene rings is 1. The summed E-state index contributed by atoms with van der Waals surface area (Å²) in [6.07, 6.45) is 8.64. The van der Waals surface area contributed by atoms with Gasteiger partial charge in [-0.2, -0.15) is 15.0 Å². The summed E-state index contributed by atoms with van der Waals surface area (Å²) >= 11 is 6.60. The Balaban J connectivity index is 1.07. The van der Waals surface area contributed by atoms with Gasteiger partial charge in [0.05, 0.1) is 15.9 Å². The number of anilines is 2. The van der Waals surface area contributed by atoms with Gasteiger partial charge in [-0.15, -0.1) is 0 Å². The van der Waals surface area contributed by atoms with Gasteiger partial charge >= 0.3 is 6.01 Å². The van der Waals surface area contributed by atoms with E-state index in [4.69, 9.17) is 31.6 Å². The fraction of sp³-hybridized carbons (Fsp3) is 0.432. The molecule has 53 heavy (non-hydrogen) atoms. The highest BCUT2D eigenvalue weighted by atomic mass is 35.5. The van der Waals surface area contributed by atoms with E-state index < -0.39 is 11.4 Å². The number of aromatic nitrogens is 6. The number of ether oxygens (including phenoxy) is 1. The van der Waals surface area contributed by atoms with Crippen molar-refractivity contribution in [2.45, 2.75) is 50.7 Å². The minimum Gasteiger partial charge on any atom is -0.461 e. The number of hydrogen-bond donors (Lipinski definition) is 2. The molecule has 0 radical (unpaired) electrons. The number of nitrogen functional groups attached to an aromatic ring is 1. The van der Waals surface area contributed by atoms with Crippen molar-refractivity contribution in [3.05, 3.63) is 59.1 Å². The number of nitrogens with zero attached hydrogens (tertiary/aromatic N) is 9.